The van der Waals surface area contributed by atoms with Crippen LogP contribution >= 0.6 is 0 Å². The van der Waals surface area contributed by atoms with Crippen LogP contribution in [0.2, 0.25) is 0 Å². The summed E-state index contributed by atoms with van der Waals surface area (Å²) < 4.78 is 4.78. The Morgan fingerprint density at radius 2 is 2.14 bits per heavy atom. The number of nitriles is 1. The maximum absolute atomic E-state index is 12.2. The molecule has 21 heavy (non-hydrogen) atoms. The summed E-state index contributed by atoms with van der Waals surface area (Å²) in [4.78, 5) is 27.1. The summed E-state index contributed by atoms with van der Waals surface area (Å²) in [5.41, 5.74) is 2.09. The van der Waals surface area contributed by atoms with E-state index in [9.17, 15) is 9.59 Å². The van der Waals surface area contributed by atoms with Gasteiger partial charge in [0.15, 0.2) is 0 Å². The molecule has 114 valence electrons. The van der Waals surface area contributed by atoms with Gasteiger partial charge in [-0.25, -0.2) is 4.79 Å². The predicted molar refractivity (Wildman–Crippen MR) is 78.0 cm³/mol. The van der Waals surface area contributed by atoms with E-state index >= 15 is 0 Å². The lowest BCUT2D eigenvalue weighted by atomic mass is 10.0. The molecule has 2 N–H and O–H groups in total. The Kier molecular flexibility index (Phi) is 5.97. The number of nitrogens with one attached hydrogen (secondary N) is 2. The quantitative estimate of drug-likeness (QED) is 0.783. The highest BCUT2D eigenvalue weighted by Gasteiger charge is 2.24. The average Bonchev–Trinajstić information content (AvgIpc) is 2.80. The first-order chi connectivity index (χ1) is 9.96. The molecule has 0 aliphatic rings. The van der Waals surface area contributed by atoms with Crippen molar-refractivity contribution >= 4 is 11.9 Å². The van der Waals surface area contributed by atoms with Gasteiger partial charge in [-0.2, -0.15) is 5.26 Å². The van der Waals surface area contributed by atoms with Gasteiger partial charge in [-0.1, -0.05) is 13.3 Å². The number of esters is 1. The molecule has 0 saturated carbocycles. The van der Waals surface area contributed by atoms with Crippen LogP contribution in [0, 0.1) is 24.2 Å². The van der Waals surface area contributed by atoms with Crippen LogP contribution in [-0.2, 0) is 11.2 Å². The van der Waals surface area contributed by atoms with Crippen LogP contribution in [0.15, 0.2) is 0 Å². The molecule has 1 aromatic rings. The molecule has 0 aromatic carbocycles. The molecular formula is C15H21N3O3. The molecule has 0 spiro atoms. The molecule has 1 amide bonds. The summed E-state index contributed by atoms with van der Waals surface area (Å²) in [6.07, 6.45) is 1.40. The number of hydrogen-bond donors (Lipinski definition) is 2. The minimum absolute atomic E-state index is 0.264. The van der Waals surface area contributed by atoms with Crippen LogP contribution in [0.25, 0.3) is 0 Å². The maximum Gasteiger partial charge on any atom is 0.339 e. The van der Waals surface area contributed by atoms with Crippen molar-refractivity contribution in [3.05, 3.63) is 22.5 Å². The topological polar surface area (TPSA) is 95.0 Å². The van der Waals surface area contributed by atoms with Gasteiger partial charge >= 0.3 is 5.97 Å². The largest absolute Gasteiger partial charge is 0.465 e. The fourth-order valence-electron chi connectivity index (χ4n) is 2.13. The van der Waals surface area contributed by atoms with Gasteiger partial charge in [-0.3, -0.25) is 4.79 Å². The lowest BCUT2D eigenvalue weighted by Gasteiger charge is -2.08. The zero-order valence-corrected chi connectivity index (χ0v) is 12.9. The van der Waals surface area contributed by atoms with E-state index in [4.69, 9.17) is 10.00 Å². The molecule has 0 aliphatic heterocycles. The molecule has 1 rings (SSSR count). The Morgan fingerprint density at radius 1 is 1.48 bits per heavy atom. The van der Waals surface area contributed by atoms with Crippen molar-refractivity contribution in [1.29, 1.82) is 5.26 Å². The van der Waals surface area contributed by atoms with Crippen molar-refractivity contribution in [1.82, 2.24) is 10.3 Å². The molecule has 6 heteroatoms. The van der Waals surface area contributed by atoms with Gasteiger partial charge in [0, 0.05) is 12.2 Å². The smallest absolute Gasteiger partial charge is 0.339 e. The van der Waals surface area contributed by atoms with Gasteiger partial charge < -0.3 is 15.0 Å². The number of amides is 1. The normalized spacial score (nSPS) is 11.6. The fraction of sp³-hybridized carbons (Fsp3) is 0.533. The number of nitrogens with zero attached hydrogens (tertiary/aromatic N) is 1. The van der Waals surface area contributed by atoms with E-state index in [1.165, 1.54) is 7.11 Å². The highest BCUT2D eigenvalue weighted by molar-refractivity contribution is 6.00. The van der Waals surface area contributed by atoms with Crippen molar-refractivity contribution < 1.29 is 14.3 Å². The molecule has 1 heterocycles. The monoisotopic (exact) mass is 291 g/mol. The van der Waals surface area contributed by atoms with Gasteiger partial charge in [0.05, 0.1) is 24.7 Å². The molecule has 0 radical (unpaired) electrons. The van der Waals surface area contributed by atoms with Crippen molar-refractivity contribution in [3.63, 3.8) is 0 Å². The van der Waals surface area contributed by atoms with E-state index in [-0.39, 0.29) is 18.4 Å². The second kappa shape index (κ2) is 7.48. The second-order valence-corrected chi connectivity index (χ2v) is 4.96. The molecule has 1 atom stereocenters. The van der Waals surface area contributed by atoms with Gasteiger partial charge in [-0.05, 0) is 25.8 Å². The first-order valence-electron chi connectivity index (χ1n) is 6.93. The van der Waals surface area contributed by atoms with Crippen molar-refractivity contribution in [3.8, 4) is 6.07 Å². The highest BCUT2D eigenvalue weighted by atomic mass is 16.5. The number of ether oxygens (including phenoxy) is 1. The number of carbonyl (C=O) groups is 2. The third-order valence-corrected chi connectivity index (χ3v) is 3.20. The minimum Gasteiger partial charge on any atom is -0.465 e. The number of aryl methyl sites for hydroxylation is 1. The predicted octanol–water partition coefficient (Wildman–Crippen LogP) is 1.95. The van der Waals surface area contributed by atoms with Crippen molar-refractivity contribution in [2.75, 3.05) is 13.7 Å². The Hall–Kier alpha value is -2.29. The summed E-state index contributed by atoms with van der Waals surface area (Å²) in [5, 5.41) is 11.4. The molecule has 6 nitrogen and oxygen atoms in total. The van der Waals surface area contributed by atoms with Crippen LogP contribution in [0.1, 0.15) is 52.4 Å². The minimum atomic E-state index is -0.448. The summed E-state index contributed by atoms with van der Waals surface area (Å²) >= 11 is 0. The molecule has 1 aromatic heterocycles. The van der Waals surface area contributed by atoms with Gasteiger partial charge in [0.1, 0.15) is 5.69 Å². The lowest BCUT2D eigenvalue weighted by molar-refractivity contribution is 0.0599. The SMILES string of the molecule is CCCc1c(C(=O)NCC(C)C#N)[nH]c(C)c1C(=O)OC. The molecule has 0 aliphatic carbocycles. The molecule has 0 fully saturated rings. The first-order valence-corrected chi connectivity index (χ1v) is 6.93. The summed E-state index contributed by atoms with van der Waals surface area (Å²) in [5.74, 6) is -1.02. The third kappa shape index (κ3) is 3.85. The van der Waals surface area contributed by atoms with Crippen LogP contribution in [0.4, 0.5) is 0 Å². The Morgan fingerprint density at radius 3 is 2.67 bits per heavy atom. The standard InChI is InChI=1S/C15H21N3O3/c1-5-6-11-12(15(20)21-4)10(3)18-13(11)14(19)17-8-9(2)7-16/h9,18H,5-6,8H2,1-4H3,(H,17,19). The van der Waals surface area contributed by atoms with E-state index in [0.717, 1.165) is 6.42 Å². The van der Waals surface area contributed by atoms with Crippen LogP contribution in [0.3, 0.4) is 0 Å². The number of carbonyl (C=O) groups excluding carboxylic acids is 2. The van der Waals surface area contributed by atoms with E-state index < -0.39 is 5.97 Å². The van der Waals surface area contributed by atoms with Crippen LogP contribution < -0.4 is 5.32 Å². The maximum atomic E-state index is 12.2. The number of rotatable bonds is 6. The van der Waals surface area contributed by atoms with E-state index in [1.807, 2.05) is 6.92 Å². The van der Waals surface area contributed by atoms with Gasteiger partial charge in [0.25, 0.3) is 5.91 Å². The van der Waals surface area contributed by atoms with E-state index in [1.54, 1.807) is 13.8 Å². The second-order valence-electron chi connectivity index (χ2n) is 4.96. The molecular weight excluding hydrogens is 270 g/mol. The summed E-state index contributed by atoms with van der Waals surface area (Å²) in [6, 6.07) is 2.06. The zero-order valence-electron chi connectivity index (χ0n) is 12.9. The van der Waals surface area contributed by atoms with Crippen LogP contribution in [0.5, 0.6) is 0 Å². The van der Waals surface area contributed by atoms with Crippen molar-refractivity contribution in [2.24, 2.45) is 5.92 Å². The molecule has 1 unspecified atom stereocenters. The molecule has 0 bridgehead atoms. The number of aromatic amines is 1. The number of hydrogen-bond acceptors (Lipinski definition) is 4. The van der Waals surface area contributed by atoms with E-state index in [0.29, 0.717) is 28.9 Å². The fourth-order valence-corrected chi connectivity index (χ4v) is 2.13. The third-order valence-electron chi connectivity index (χ3n) is 3.20. The van der Waals surface area contributed by atoms with Gasteiger partial charge in [0.2, 0.25) is 0 Å². The Balaban J connectivity index is 3.09. The van der Waals surface area contributed by atoms with E-state index in [2.05, 4.69) is 16.4 Å². The van der Waals surface area contributed by atoms with Crippen LogP contribution in [-0.4, -0.2) is 30.5 Å². The Bertz CT molecular complexity index is 569. The summed E-state index contributed by atoms with van der Waals surface area (Å²) in [6.45, 7) is 5.71. The molecule has 0 saturated heterocycles. The number of H-pyrrole nitrogens is 1. The lowest BCUT2D eigenvalue weighted by Crippen LogP contribution is -2.29. The first kappa shape index (κ1) is 16.8. The zero-order chi connectivity index (χ0) is 16.0. The van der Waals surface area contributed by atoms with Gasteiger partial charge in [-0.15, -0.1) is 0 Å². The van der Waals surface area contributed by atoms with Crippen molar-refractivity contribution in [2.45, 2.75) is 33.6 Å². The Labute approximate surface area is 124 Å². The number of aromatic nitrogens is 1. The highest BCUT2D eigenvalue weighted by Crippen LogP contribution is 2.21. The number of methoxy groups -OCH3 is 1. The summed E-state index contributed by atoms with van der Waals surface area (Å²) in [7, 11) is 1.32. The average molecular weight is 291 g/mol.